The maximum Gasteiger partial charge on any atom is 0.227 e. The SMILES string of the molecule is c1cncc(Nc2nccc(-c3ccc4noc(-c5cccnc5)c4c3)n2)c1. The highest BCUT2D eigenvalue weighted by molar-refractivity contribution is 5.94. The van der Waals surface area contributed by atoms with Crippen molar-refractivity contribution in [2.45, 2.75) is 0 Å². The van der Waals surface area contributed by atoms with Gasteiger partial charge in [0.15, 0.2) is 5.76 Å². The maximum absolute atomic E-state index is 5.55. The summed E-state index contributed by atoms with van der Waals surface area (Å²) in [6.45, 7) is 0. The van der Waals surface area contributed by atoms with E-state index in [2.05, 4.69) is 30.4 Å². The first-order valence-corrected chi connectivity index (χ1v) is 8.67. The second-order valence-electron chi connectivity index (χ2n) is 6.12. The molecule has 0 spiro atoms. The molecule has 7 nitrogen and oxygen atoms in total. The van der Waals surface area contributed by atoms with E-state index in [9.17, 15) is 0 Å². The lowest BCUT2D eigenvalue weighted by Gasteiger charge is -2.06. The van der Waals surface area contributed by atoms with E-state index >= 15 is 0 Å². The van der Waals surface area contributed by atoms with E-state index in [0.717, 1.165) is 33.4 Å². The first-order valence-electron chi connectivity index (χ1n) is 8.67. The van der Waals surface area contributed by atoms with Crippen molar-refractivity contribution in [3.63, 3.8) is 0 Å². The predicted molar refractivity (Wildman–Crippen MR) is 106 cm³/mol. The molecule has 0 saturated carbocycles. The van der Waals surface area contributed by atoms with Gasteiger partial charge in [0, 0.05) is 35.9 Å². The Morgan fingerprint density at radius 3 is 2.54 bits per heavy atom. The molecule has 7 heteroatoms. The van der Waals surface area contributed by atoms with Gasteiger partial charge in [0.25, 0.3) is 0 Å². The van der Waals surface area contributed by atoms with Gasteiger partial charge in [0.05, 0.1) is 23.0 Å². The number of pyridine rings is 2. The van der Waals surface area contributed by atoms with Crippen LogP contribution in [0.4, 0.5) is 11.6 Å². The average molecular weight is 366 g/mol. The Morgan fingerprint density at radius 1 is 0.821 bits per heavy atom. The Balaban J connectivity index is 1.54. The van der Waals surface area contributed by atoms with Crippen LogP contribution in [0.25, 0.3) is 33.5 Å². The molecule has 5 aromatic rings. The minimum absolute atomic E-state index is 0.503. The number of rotatable bonds is 4. The topological polar surface area (TPSA) is 89.6 Å². The van der Waals surface area contributed by atoms with Crippen molar-refractivity contribution in [3.8, 4) is 22.6 Å². The number of hydrogen-bond acceptors (Lipinski definition) is 7. The number of anilines is 2. The number of nitrogens with zero attached hydrogens (tertiary/aromatic N) is 5. The molecule has 28 heavy (non-hydrogen) atoms. The van der Waals surface area contributed by atoms with Gasteiger partial charge >= 0.3 is 0 Å². The van der Waals surface area contributed by atoms with Crippen molar-refractivity contribution in [3.05, 3.63) is 79.5 Å². The lowest BCUT2D eigenvalue weighted by atomic mass is 10.1. The minimum atomic E-state index is 0.503. The zero-order valence-electron chi connectivity index (χ0n) is 14.6. The Hall–Kier alpha value is -4.13. The summed E-state index contributed by atoms with van der Waals surface area (Å²) in [5.74, 6) is 1.19. The summed E-state index contributed by atoms with van der Waals surface area (Å²) in [4.78, 5) is 17.2. The Labute approximate surface area is 160 Å². The van der Waals surface area contributed by atoms with Crippen LogP contribution >= 0.6 is 0 Å². The van der Waals surface area contributed by atoms with Crippen LogP contribution in [0.5, 0.6) is 0 Å². The van der Waals surface area contributed by atoms with Gasteiger partial charge in [-0.05, 0) is 42.5 Å². The molecule has 1 aromatic carbocycles. The fourth-order valence-electron chi connectivity index (χ4n) is 2.95. The van der Waals surface area contributed by atoms with E-state index in [1.54, 1.807) is 31.0 Å². The summed E-state index contributed by atoms with van der Waals surface area (Å²) in [6.07, 6.45) is 8.65. The molecule has 0 aliphatic rings. The molecule has 5 rings (SSSR count). The zero-order chi connectivity index (χ0) is 18.8. The number of fused-ring (bicyclic) bond motifs is 1. The van der Waals surface area contributed by atoms with Crippen LogP contribution in [0, 0.1) is 0 Å². The van der Waals surface area contributed by atoms with Crippen molar-refractivity contribution in [2.75, 3.05) is 5.32 Å². The van der Waals surface area contributed by atoms with E-state index < -0.39 is 0 Å². The molecule has 0 unspecified atom stereocenters. The largest absolute Gasteiger partial charge is 0.355 e. The highest BCUT2D eigenvalue weighted by Crippen LogP contribution is 2.31. The maximum atomic E-state index is 5.55. The van der Waals surface area contributed by atoms with Gasteiger partial charge in [-0.2, -0.15) is 0 Å². The van der Waals surface area contributed by atoms with Gasteiger partial charge in [-0.3, -0.25) is 9.97 Å². The molecule has 134 valence electrons. The summed E-state index contributed by atoms with van der Waals surface area (Å²) in [5.41, 5.74) is 4.22. The van der Waals surface area contributed by atoms with E-state index in [1.807, 2.05) is 48.5 Å². The molecular formula is C21H14N6O. The van der Waals surface area contributed by atoms with Crippen molar-refractivity contribution < 1.29 is 4.52 Å². The first kappa shape index (κ1) is 16.1. The van der Waals surface area contributed by atoms with Crippen LogP contribution < -0.4 is 5.32 Å². The summed E-state index contributed by atoms with van der Waals surface area (Å²) in [5, 5.41) is 8.22. The molecule has 0 radical (unpaired) electrons. The summed E-state index contributed by atoms with van der Waals surface area (Å²) in [6, 6.07) is 15.3. The van der Waals surface area contributed by atoms with Crippen LogP contribution in [0.1, 0.15) is 0 Å². The standard InChI is InChI=1S/C21H14N6O/c1-3-15(12-22-8-1)20-17-11-14(5-6-19(17)27-28-20)18-7-10-24-21(26-18)25-16-4-2-9-23-13-16/h1-13H,(H,24,25,26). The number of hydrogen-bond donors (Lipinski definition) is 1. The number of aromatic nitrogens is 5. The third-order valence-corrected chi connectivity index (χ3v) is 4.27. The van der Waals surface area contributed by atoms with E-state index in [1.165, 1.54) is 0 Å². The summed E-state index contributed by atoms with van der Waals surface area (Å²) in [7, 11) is 0. The van der Waals surface area contributed by atoms with Gasteiger partial charge in [0.2, 0.25) is 5.95 Å². The van der Waals surface area contributed by atoms with Crippen LogP contribution in [-0.2, 0) is 0 Å². The molecule has 0 fully saturated rings. The smallest absolute Gasteiger partial charge is 0.227 e. The second-order valence-corrected chi connectivity index (χ2v) is 6.12. The van der Waals surface area contributed by atoms with Crippen molar-refractivity contribution >= 4 is 22.5 Å². The molecule has 0 saturated heterocycles. The Bertz CT molecular complexity index is 1240. The highest BCUT2D eigenvalue weighted by atomic mass is 16.5. The van der Waals surface area contributed by atoms with Crippen LogP contribution in [0.15, 0.2) is 84.0 Å². The van der Waals surface area contributed by atoms with Gasteiger partial charge in [-0.15, -0.1) is 0 Å². The van der Waals surface area contributed by atoms with Crippen LogP contribution in [0.2, 0.25) is 0 Å². The monoisotopic (exact) mass is 366 g/mol. The molecule has 0 atom stereocenters. The fourth-order valence-corrected chi connectivity index (χ4v) is 2.95. The predicted octanol–water partition coefficient (Wildman–Crippen LogP) is 4.49. The summed E-state index contributed by atoms with van der Waals surface area (Å²) < 4.78 is 5.55. The van der Waals surface area contributed by atoms with Crippen LogP contribution in [0.3, 0.4) is 0 Å². The quantitative estimate of drug-likeness (QED) is 0.501. The molecule has 4 heterocycles. The molecular weight excluding hydrogens is 352 g/mol. The molecule has 4 aromatic heterocycles. The third kappa shape index (κ3) is 3.05. The molecule has 0 amide bonds. The van der Waals surface area contributed by atoms with Crippen LogP contribution in [-0.4, -0.2) is 25.1 Å². The normalized spacial score (nSPS) is 10.9. The van der Waals surface area contributed by atoms with E-state index in [-0.39, 0.29) is 0 Å². The number of benzene rings is 1. The number of nitrogens with one attached hydrogen (secondary N) is 1. The van der Waals surface area contributed by atoms with Crippen molar-refractivity contribution in [1.82, 2.24) is 25.1 Å². The zero-order valence-corrected chi connectivity index (χ0v) is 14.6. The Kier molecular flexibility index (Phi) is 3.95. The average Bonchev–Trinajstić information content (AvgIpc) is 3.19. The molecule has 0 aliphatic heterocycles. The van der Waals surface area contributed by atoms with Gasteiger partial charge < -0.3 is 9.84 Å². The molecule has 0 bridgehead atoms. The Morgan fingerprint density at radius 2 is 1.71 bits per heavy atom. The highest BCUT2D eigenvalue weighted by Gasteiger charge is 2.13. The van der Waals surface area contributed by atoms with E-state index in [4.69, 9.17) is 4.52 Å². The van der Waals surface area contributed by atoms with Crippen molar-refractivity contribution in [2.24, 2.45) is 0 Å². The first-order chi connectivity index (χ1) is 13.9. The molecule has 1 N–H and O–H groups in total. The van der Waals surface area contributed by atoms with Crippen molar-refractivity contribution in [1.29, 1.82) is 0 Å². The molecule has 0 aliphatic carbocycles. The lowest BCUT2D eigenvalue weighted by Crippen LogP contribution is -1.98. The van der Waals surface area contributed by atoms with E-state index in [0.29, 0.717) is 11.7 Å². The third-order valence-electron chi connectivity index (χ3n) is 4.27. The second kappa shape index (κ2) is 6.88. The van der Waals surface area contributed by atoms with Gasteiger partial charge in [-0.1, -0.05) is 11.2 Å². The minimum Gasteiger partial charge on any atom is -0.355 e. The van der Waals surface area contributed by atoms with Gasteiger partial charge in [-0.25, -0.2) is 9.97 Å². The van der Waals surface area contributed by atoms with Gasteiger partial charge in [0.1, 0.15) is 5.52 Å². The fraction of sp³-hybridized carbons (Fsp3) is 0. The lowest BCUT2D eigenvalue weighted by molar-refractivity contribution is 0.441. The summed E-state index contributed by atoms with van der Waals surface area (Å²) >= 11 is 0.